The Morgan fingerprint density at radius 3 is 2.56 bits per heavy atom. The van der Waals surface area contributed by atoms with Gasteiger partial charge in [-0.05, 0) is 123 Å². The van der Waals surface area contributed by atoms with E-state index in [1.165, 1.54) is 6.08 Å². The van der Waals surface area contributed by atoms with E-state index in [1.807, 2.05) is 31.2 Å². The molecule has 2 fully saturated rings. The first kappa shape index (κ1) is 44.2. The minimum atomic E-state index is -0.900. The Bertz CT molecular complexity index is 1950. The standard InChI is InChI=1S/C48H65N3O8/c1-4-30(17-18-52)33(26-53)22-36(56)16-15-32-23-43(59-37-12-5-6-13-37)46(57)45-38(32)14-8-10-34(51-47(49)50)24-48(28-54)25-41-39(31-9-7-11-35(55)21-31)19-29(2)20-40(41)44(45)42(48)27-58-3/h7,9,11,21-23,25,29-30,34,37,39-40,42,44,52-55,57H,4-6,10,12-13,15-20,24,26-28H2,1-3H3,(H4,49,50,51). The molecule has 0 radical (unpaired) electrons. The molecular weight excluding hydrogens is 747 g/mol. The Hall–Kier alpha value is -4.34. The normalized spacial score (nSPS) is 27.4. The van der Waals surface area contributed by atoms with Crippen LogP contribution in [0.5, 0.6) is 17.2 Å². The van der Waals surface area contributed by atoms with E-state index < -0.39 is 17.4 Å². The van der Waals surface area contributed by atoms with Crippen LogP contribution in [-0.2, 0) is 16.0 Å². The number of nitrogens with zero attached hydrogens (tertiary/aromatic N) is 1. The molecular formula is C48H65N3O8. The SMILES string of the molecule is CCC(CCO)C(=CC(=O)CCc1cc(OC2CCCC2)c(O)c2c1C#CCC(N=C(N)N)CC1(CO)C=C3C(c4cccc(O)c4)CC(C)CC3C2C1COC)CO. The molecule has 59 heavy (non-hydrogen) atoms. The highest BCUT2D eigenvalue weighted by Gasteiger charge is 2.54. The fourth-order valence-electron chi connectivity index (χ4n) is 10.8. The number of aromatic hydroxyl groups is 2. The fourth-order valence-corrected chi connectivity index (χ4v) is 10.8. The molecule has 2 bridgehead atoms. The zero-order chi connectivity index (χ0) is 42.3. The molecule has 0 saturated heterocycles. The number of methoxy groups -OCH3 is 1. The van der Waals surface area contributed by atoms with E-state index in [4.69, 9.17) is 20.9 Å². The number of carbonyl (C=O) groups is 1. The van der Waals surface area contributed by atoms with Crippen LogP contribution < -0.4 is 16.2 Å². The summed E-state index contributed by atoms with van der Waals surface area (Å²) in [6.45, 7) is 3.95. The van der Waals surface area contributed by atoms with E-state index in [-0.39, 0.29) is 98.2 Å². The number of aliphatic hydroxyl groups is 3. The predicted molar refractivity (Wildman–Crippen MR) is 229 cm³/mol. The molecule has 0 amide bonds. The van der Waals surface area contributed by atoms with Gasteiger partial charge >= 0.3 is 0 Å². The molecule has 4 aliphatic rings. The molecule has 8 atom stereocenters. The molecule has 9 N–H and O–H groups in total. The summed E-state index contributed by atoms with van der Waals surface area (Å²) in [6, 6.07) is 8.80. The Morgan fingerprint density at radius 1 is 1.12 bits per heavy atom. The summed E-state index contributed by atoms with van der Waals surface area (Å²) in [4.78, 5) is 18.4. The Kier molecular flexibility index (Phi) is 14.9. The Labute approximate surface area is 349 Å². The van der Waals surface area contributed by atoms with E-state index >= 15 is 0 Å². The van der Waals surface area contributed by atoms with Gasteiger partial charge in [0, 0.05) is 60.9 Å². The van der Waals surface area contributed by atoms with Crippen molar-refractivity contribution in [3.05, 3.63) is 75.9 Å². The van der Waals surface area contributed by atoms with Crippen LogP contribution in [0, 0.1) is 40.9 Å². The van der Waals surface area contributed by atoms with Crippen LogP contribution in [0.2, 0.25) is 0 Å². The maximum atomic E-state index is 13.7. The number of ketones is 1. The molecule has 8 unspecified atom stereocenters. The van der Waals surface area contributed by atoms with Crippen molar-refractivity contribution in [2.24, 2.45) is 45.5 Å². The number of phenolic OH excluding ortho intramolecular Hbond substituents is 2. The van der Waals surface area contributed by atoms with Gasteiger partial charge in [0.2, 0.25) is 0 Å². The summed E-state index contributed by atoms with van der Waals surface area (Å²) < 4.78 is 12.8. The molecule has 2 aromatic rings. The van der Waals surface area contributed by atoms with E-state index in [1.54, 1.807) is 13.2 Å². The molecule has 0 aromatic heterocycles. The maximum Gasteiger partial charge on any atom is 0.186 e. The minimum Gasteiger partial charge on any atom is -0.508 e. The van der Waals surface area contributed by atoms with Gasteiger partial charge in [0.15, 0.2) is 23.2 Å². The van der Waals surface area contributed by atoms with Gasteiger partial charge in [-0.1, -0.05) is 49.5 Å². The lowest BCUT2D eigenvalue weighted by Crippen LogP contribution is -2.49. The zero-order valence-electron chi connectivity index (χ0n) is 35.0. The van der Waals surface area contributed by atoms with Crippen LogP contribution in [0.25, 0.3) is 0 Å². The highest BCUT2D eigenvalue weighted by atomic mass is 16.5. The molecule has 0 spiro atoms. The number of aliphatic imine (C=N–C) groups is 1. The summed E-state index contributed by atoms with van der Waals surface area (Å²) in [5.74, 6) is 6.41. The summed E-state index contributed by atoms with van der Waals surface area (Å²) in [5.41, 5.74) is 15.9. The number of aryl methyl sites for hydroxylation is 1. The van der Waals surface area contributed by atoms with Crippen LogP contribution >= 0.6 is 0 Å². The van der Waals surface area contributed by atoms with Gasteiger partial charge in [0.1, 0.15) is 5.75 Å². The van der Waals surface area contributed by atoms with Crippen LogP contribution in [0.3, 0.4) is 0 Å². The second-order valence-corrected chi connectivity index (χ2v) is 17.5. The molecule has 0 heterocycles. The van der Waals surface area contributed by atoms with Crippen LogP contribution in [-0.4, -0.2) is 83.0 Å². The zero-order valence-corrected chi connectivity index (χ0v) is 35.0. The number of carbonyl (C=O) groups excluding carboxylic acids is 1. The van der Waals surface area contributed by atoms with Crippen molar-refractivity contribution < 1.29 is 39.8 Å². The van der Waals surface area contributed by atoms with Gasteiger partial charge in [-0.15, -0.1) is 0 Å². The highest BCUT2D eigenvalue weighted by molar-refractivity contribution is 5.90. The Balaban J connectivity index is 1.60. The average molecular weight is 812 g/mol. The molecule has 2 aromatic carbocycles. The highest BCUT2D eigenvalue weighted by Crippen LogP contribution is 2.62. The number of nitrogens with two attached hydrogens (primary N) is 2. The number of guanidine groups is 1. The van der Waals surface area contributed by atoms with Crippen molar-refractivity contribution >= 4 is 11.7 Å². The topological polar surface area (TPSA) is 201 Å². The minimum absolute atomic E-state index is 0.0289. The van der Waals surface area contributed by atoms with Crippen LogP contribution in [0.4, 0.5) is 0 Å². The second-order valence-electron chi connectivity index (χ2n) is 17.5. The van der Waals surface area contributed by atoms with Crippen LogP contribution in [0.15, 0.2) is 58.6 Å². The number of allylic oxidation sites excluding steroid dienone is 2. The lowest BCUT2D eigenvalue weighted by atomic mass is 9.51. The number of ether oxygens (including phenoxy) is 2. The average Bonchev–Trinajstić information content (AvgIpc) is 3.73. The van der Waals surface area contributed by atoms with Gasteiger partial charge in [-0.3, -0.25) is 4.79 Å². The van der Waals surface area contributed by atoms with Crippen molar-refractivity contribution in [3.8, 4) is 29.1 Å². The molecule has 11 nitrogen and oxygen atoms in total. The van der Waals surface area contributed by atoms with Crippen molar-refractivity contribution in [3.63, 3.8) is 0 Å². The third-order valence-corrected chi connectivity index (χ3v) is 13.6. The summed E-state index contributed by atoms with van der Waals surface area (Å²) in [6.07, 6.45) is 11.4. The molecule has 0 aliphatic heterocycles. The lowest BCUT2D eigenvalue weighted by molar-refractivity contribution is -0.114. The molecule has 4 aliphatic carbocycles. The summed E-state index contributed by atoms with van der Waals surface area (Å²) in [5, 5.41) is 55.0. The smallest absolute Gasteiger partial charge is 0.186 e. The van der Waals surface area contributed by atoms with Crippen molar-refractivity contribution in [2.45, 2.75) is 115 Å². The van der Waals surface area contributed by atoms with E-state index in [0.717, 1.165) is 55.2 Å². The first-order chi connectivity index (χ1) is 28.4. The summed E-state index contributed by atoms with van der Waals surface area (Å²) >= 11 is 0. The number of phenols is 2. The predicted octanol–water partition coefficient (Wildman–Crippen LogP) is 6.13. The van der Waals surface area contributed by atoms with E-state index in [0.29, 0.717) is 48.1 Å². The lowest BCUT2D eigenvalue weighted by Gasteiger charge is -2.54. The number of fused-ring (bicyclic) bond motifs is 6. The first-order valence-electron chi connectivity index (χ1n) is 21.6. The monoisotopic (exact) mass is 811 g/mol. The van der Waals surface area contributed by atoms with Crippen molar-refractivity contribution in [1.29, 1.82) is 0 Å². The number of benzene rings is 2. The third kappa shape index (κ3) is 9.84. The van der Waals surface area contributed by atoms with Gasteiger partial charge in [0.25, 0.3) is 0 Å². The third-order valence-electron chi connectivity index (χ3n) is 13.6. The van der Waals surface area contributed by atoms with Gasteiger partial charge in [-0.2, -0.15) is 0 Å². The van der Waals surface area contributed by atoms with Gasteiger partial charge in [0.05, 0.1) is 32.0 Å². The van der Waals surface area contributed by atoms with Crippen LogP contribution in [0.1, 0.15) is 119 Å². The number of rotatable bonds is 16. The van der Waals surface area contributed by atoms with E-state index in [9.17, 15) is 30.3 Å². The van der Waals surface area contributed by atoms with Gasteiger partial charge < -0.3 is 46.5 Å². The van der Waals surface area contributed by atoms with Gasteiger partial charge in [-0.25, -0.2) is 4.99 Å². The fraction of sp³-hybridized carbons (Fsp3) is 0.583. The maximum absolute atomic E-state index is 13.7. The molecule has 320 valence electrons. The number of hydrogen-bond acceptors (Lipinski definition) is 9. The van der Waals surface area contributed by atoms with Crippen molar-refractivity contribution in [1.82, 2.24) is 0 Å². The number of hydrogen-bond donors (Lipinski definition) is 7. The number of aliphatic hydroxyl groups excluding tert-OH is 3. The summed E-state index contributed by atoms with van der Waals surface area (Å²) in [7, 11) is 1.66. The molecule has 2 saturated carbocycles. The molecule has 6 rings (SSSR count). The largest absolute Gasteiger partial charge is 0.508 e. The second kappa shape index (κ2) is 19.8. The van der Waals surface area contributed by atoms with Crippen molar-refractivity contribution in [2.75, 3.05) is 33.5 Å². The first-order valence-corrected chi connectivity index (χ1v) is 21.6. The van der Waals surface area contributed by atoms with E-state index in [2.05, 4.69) is 29.8 Å². The molecule has 11 heteroatoms. The Morgan fingerprint density at radius 2 is 1.90 bits per heavy atom. The quantitative estimate of drug-likeness (QED) is 0.0340.